The molecule has 0 aliphatic heterocycles. The van der Waals surface area contributed by atoms with E-state index in [9.17, 15) is 4.79 Å². The molecule has 0 spiro atoms. The van der Waals surface area contributed by atoms with Gasteiger partial charge >= 0.3 is 5.97 Å². The molecule has 20 heavy (non-hydrogen) atoms. The monoisotopic (exact) mass is 269 g/mol. The zero-order valence-electron chi connectivity index (χ0n) is 11.6. The van der Waals surface area contributed by atoms with E-state index in [4.69, 9.17) is 4.74 Å². The molecule has 0 aromatic heterocycles. The number of rotatable bonds is 6. The van der Waals surface area contributed by atoms with Crippen molar-refractivity contribution in [3.8, 4) is 0 Å². The second-order valence-electron chi connectivity index (χ2n) is 4.64. The van der Waals surface area contributed by atoms with Gasteiger partial charge in [-0.25, -0.2) is 0 Å². The molecule has 1 N–H and O–H groups in total. The van der Waals surface area contributed by atoms with Crippen LogP contribution in [0.5, 0.6) is 0 Å². The van der Waals surface area contributed by atoms with E-state index >= 15 is 0 Å². The van der Waals surface area contributed by atoms with Crippen LogP contribution in [-0.2, 0) is 16.1 Å². The Labute approximate surface area is 119 Å². The van der Waals surface area contributed by atoms with Crippen LogP contribution < -0.4 is 5.32 Å². The van der Waals surface area contributed by atoms with Crippen molar-refractivity contribution in [2.75, 3.05) is 11.9 Å². The molecule has 0 fully saturated rings. The third kappa shape index (κ3) is 4.43. The molecule has 3 heteroatoms. The molecule has 0 bridgehead atoms. The van der Waals surface area contributed by atoms with E-state index in [2.05, 4.69) is 5.32 Å². The van der Waals surface area contributed by atoms with Crippen molar-refractivity contribution in [2.45, 2.75) is 20.0 Å². The zero-order valence-corrected chi connectivity index (χ0v) is 11.6. The molecule has 0 saturated carbocycles. The van der Waals surface area contributed by atoms with Crippen molar-refractivity contribution in [3.05, 3.63) is 65.7 Å². The Kier molecular flexibility index (Phi) is 5.18. The molecule has 0 saturated heterocycles. The SMILES string of the molecule is Cc1ccccc1NCCC(=O)OCc1ccccc1. The van der Waals surface area contributed by atoms with E-state index in [0.717, 1.165) is 11.3 Å². The lowest BCUT2D eigenvalue weighted by Gasteiger charge is -2.09. The van der Waals surface area contributed by atoms with Gasteiger partial charge in [0, 0.05) is 12.2 Å². The molecular weight excluding hydrogens is 250 g/mol. The Morgan fingerprint density at radius 3 is 2.50 bits per heavy atom. The zero-order chi connectivity index (χ0) is 14.2. The highest BCUT2D eigenvalue weighted by atomic mass is 16.5. The Hall–Kier alpha value is -2.29. The molecule has 2 aromatic rings. The molecule has 0 aliphatic rings. The molecule has 0 radical (unpaired) electrons. The number of benzene rings is 2. The van der Waals surface area contributed by atoms with Crippen molar-refractivity contribution < 1.29 is 9.53 Å². The van der Waals surface area contributed by atoms with Gasteiger partial charge in [-0.15, -0.1) is 0 Å². The summed E-state index contributed by atoms with van der Waals surface area (Å²) in [5.74, 6) is -0.185. The normalized spacial score (nSPS) is 10.1. The summed E-state index contributed by atoms with van der Waals surface area (Å²) in [6, 6.07) is 17.7. The van der Waals surface area contributed by atoms with Gasteiger partial charge in [-0.1, -0.05) is 48.5 Å². The minimum Gasteiger partial charge on any atom is -0.461 e. The molecule has 2 aromatic carbocycles. The summed E-state index contributed by atoms with van der Waals surface area (Å²) in [6.07, 6.45) is 0.362. The number of aryl methyl sites for hydroxylation is 1. The quantitative estimate of drug-likeness (QED) is 0.815. The fourth-order valence-corrected chi connectivity index (χ4v) is 1.88. The summed E-state index contributed by atoms with van der Waals surface area (Å²) < 4.78 is 5.22. The van der Waals surface area contributed by atoms with Gasteiger partial charge in [0.1, 0.15) is 6.61 Å². The van der Waals surface area contributed by atoms with Gasteiger partial charge in [0.2, 0.25) is 0 Å². The van der Waals surface area contributed by atoms with Crippen LogP contribution in [0.4, 0.5) is 5.69 Å². The van der Waals surface area contributed by atoms with Crippen LogP contribution in [0.2, 0.25) is 0 Å². The predicted octanol–water partition coefficient (Wildman–Crippen LogP) is 3.54. The molecule has 0 atom stereocenters. The summed E-state index contributed by atoms with van der Waals surface area (Å²) in [5.41, 5.74) is 3.24. The second kappa shape index (κ2) is 7.34. The first-order valence-electron chi connectivity index (χ1n) is 6.75. The van der Waals surface area contributed by atoms with Crippen molar-refractivity contribution in [2.24, 2.45) is 0 Å². The highest BCUT2D eigenvalue weighted by Crippen LogP contribution is 2.12. The molecule has 0 heterocycles. The van der Waals surface area contributed by atoms with Gasteiger partial charge in [0.05, 0.1) is 6.42 Å². The maximum absolute atomic E-state index is 11.6. The largest absolute Gasteiger partial charge is 0.461 e. The summed E-state index contributed by atoms with van der Waals surface area (Å²) in [4.78, 5) is 11.6. The average Bonchev–Trinajstić information content (AvgIpc) is 2.48. The molecule has 0 amide bonds. The number of hydrogen-bond donors (Lipinski definition) is 1. The van der Waals surface area contributed by atoms with Crippen LogP contribution in [0, 0.1) is 6.92 Å². The van der Waals surface area contributed by atoms with Crippen molar-refractivity contribution in [1.82, 2.24) is 0 Å². The van der Waals surface area contributed by atoms with Crippen LogP contribution >= 0.6 is 0 Å². The Morgan fingerprint density at radius 1 is 1.05 bits per heavy atom. The fraction of sp³-hybridized carbons (Fsp3) is 0.235. The van der Waals surface area contributed by atoms with E-state index in [0.29, 0.717) is 19.6 Å². The topological polar surface area (TPSA) is 38.3 Å². The van der Waals surface area contributed by atoms with E-state index in [1.807, 2.05) is 61.5 Å². The first kappa shape index (κ1) is 14.1. The Balaban J connectivity index is 1.69. The lowest BCUT2D eigenvalue weighted by molar-refractivity contribution is -0.144. The number of anilines is 1. The average molecular weight is 269 g/mol. The van der Waals surface area contributed by atoms with Gasteiger partial charge < -0.3 is 10.1 Å². The molecular formula is C17H19NO2. The number of carbonyl (C=O) groups is 1. The molecule has 2 rings (SSSR count). The minimum absolute atomic E-state index is 0.185. The second-order valence-corrected chi connectivity index (χ2v) is 4.64. The Morgan fingerprint density at radius 2 is 1.75 bits per heavy atom. The third-order valence-electron chi connectivity index (χ3n) is 3.03. The van der Waals surface area contributed by atoms with Crippen LogP contribution in [0.25, 0.3) is 0 Å². The number of carbonyl (C=O) groups excluding carboxylic acids is 1. The van der Waals surface area contributed by atoms with Crippen LogP contribution in [0.3, 0.4) is 0 Å². The van der Waals surface area contributed by atoms with E-state index in [1.54, 1.807) is 0 Å². The van der Waals surface area contributed by atoms with Crippen molar-refractivity contribution >= 4 is 11.7 Å². The fourth-order valence-electron chi connectivity index (χ4n) is 1.88. The summed E-state index contributed by atoms with van der Waals surface area (Å²) in [6.45, 7) is 2.96. The van der Waals surface area contributed by atoms with E-state index < -0.39 is 0 Å². The summed E-state index contributed by atoms with van der Waals surface area (Å²) in [7, 11) is 0. The predicted molar refractivity (Wildman–Crippen MR) is 80.5 cm³/mol. The lowest BCUT2D eigenvalue weighted by atomic mass is 10.2. The highest BCUT2D eigenvalue weighted by Gasteiger charge is 2.03. The van der Waals surface area contributed by atoms with Gasteiger partial charge in [-0.3, -0.25) is 4.79 Å². The lowest BCUT2D eigenvalue weighted by Crippen LogP contribution is -2.12. The number of hydrogen-bond acceptors (Lipinski definition) is 3. The maximum Gasteiger partial charge on any atom is 0.307 e. The van der Waals surface area contributed by atoms with Crippen molar-refractivity contribution in [3.63, 3.8) is 0 Å². The Bertz CT molecular complexity index is 552. The van der Waals surface area contributed by atoms with Crippen LogP contribution in [0.1, 0.15) is 17.5 Å². The molecule has 0 unspecified atom stereocenters. The number of para-hydroxylation sites is 1. The van der Waals surface area contributed by atoms with Gasteiger partial charge in [-0.05, 0) is 24.1 Å². The smallest absolute Gasteiger partial charge is 0.307 e. The minimum atomic E-state index is -0.185. The summed E-state index contributed by atoms with van der Waals surface area (Å²) in [5, 5.41) is 3.24. The summed E-state index contributed by atoms with van der Waals surface area (Å²) >= 11 is 0. The highest BCUT2D eigenvalue weighted by molar-refractivity contribution is 5.70. The van der Waals surface area contributed by atoms with E-state index in [1.165, 1.54) is 5.56 Å². The standard InChI is InChI=1S/C17H19NO2/c1-14-7-5-6-10-16(14)18-12-11-17(19)20-13-15-8-3-2-4-9-15/h2-10,18H,11-13H2,1H3. The van der Waals surface area contributed by atoms with Crippen molar-refractivity contribution in [1.29, 1.82) is 0 Å². The van der Waals surface area contributed by atoms with Crippen LogP contribution in [0.15, 0.2) is 54.6 Å². The maximum atomic E-state index is 11.6. The molecule has 104 valence electrons. The number of ether oxygens (including phenoxy) is 1. The molecule has 3 nitrogen and oxygen atoms in total. The van der Waals surface area contributed by atoms with Gasteiger partial charge in [0.15, 0.2) is 0 Å². The first-order valence-corrected chi connectivity index (χ1v) is 6.75. The number of esters is 1. The number of nitrogens with one attached hydrogen (secondary N) is 1. The van der Waals surface area contributed by atoms with Gasteiger partial charge in [-0.2, -0.15) is 0 Å². The first-order chi connectivity index (χ1) is 9.75. The van der Waals surface area contributed by atoms with E-state index in [-0.39, 0.29) is 5.97 Å². The molecule has 0 aliphatic carbocycles. The van der Waals surface area contributed by atoms with Gasteiger partial charge in [0.25, 0.3) is 0 Å². The third-order valence-corrected chi connectivity index (χ3v) is 3.03. The van der Waals surface area contributed by atoms with Crippen LogP contribution in [-0.4, -0.2) is 12.5 Å².